The first kappa shape index (κ1) is 36.0. The SMILES string of the molecule is O=[PH2][O-].O=[PH2][O-].O=[PH2][O-].O=[PH2][O-].[Na+].[P+3]. The molecule has 8 nitrogen and oxygen atoms in total. The van der Waals surface area contributed by atoms with Crippen molar-refractivity contribution in [3.8, 4) is 0 Å². The molecular weight excluding hydrogens is 306 g/mol. The van der Waals surface area contributed by atoms with Crippen molar-refractivity contribution in [2.24, 2.45) is 0 Å². The quantitative estimate of drug-likeness (QED) is 0.315. The molecule has 0 aromatic carbocycles. The van der Waals surface area contributed by atoms with Gasteiger partial charge in [-0.3, -0.25) is 0 Å². The summed E-state index contributed by atoms with van der Waals surface area (Å²) in [6.07, 6.45) is 0. The maximum atomic E-state index is 8.46. The maximum absolute atomic E-state index is 8.46. The fourth-order valence-electron chi connectivity index (χ4n) is 0. The van der Waals surface area contributed by atoms with Gasteiger partial charge in [0.25, 0.3) is 0 Å². The molecule has 0 aliphatic heterocycles. The minimum atomic E-state index is -1.75. The van der Waals surface area contributed by atoms with Crippen molar-refractivity contribution in [2.75, 3.05) is 0 Å². The third-order valence-electron chi connectivity index (χ3n) is 0. The van der Waals surface area contributed by atoms with Gasteiger partial charge < -0.3 is 37.8 Å². The standard InChI is InChI=1S/Na.4H3O2P.P/c;4*1-3-2;/h;4*3H2,(H,1,2);/q+1;;;;;+3/p-4. The van der Waals surface area contributed by atoms with Crippen LogP contribution in [0.2, 0.25) is 0 Å². The first-order valence-corrected chi connectivity index (χ1v) is 5.66. The van der Waals surface area contributed by atoms with Gasteiger partial charge in [-0.2, -0.15) is 0 Å². The van der Waals surface area contributed by atoms with Gasteiger partial charge in [-0.25, -0.2) is 0 Å². The van der Waals surface area contributed by atoms with Gasteiger partial charge in [0, 0.05) is 0 Å². The van der Waals surface area contributed by atoms with E-state index in [0.717, 1.165) is 0 Å². The first-order chi connectivity index (χ1) is 5.66. The van der Waals surface area contributed by atoms with Crippen molar-refractivity contribution in [1.29, 1.82) is 0 Å². The van der Waals surface area contributed by atoms with E-state index in [-0.39, 0.29) is 39.5 Å². The molecule has 14 heavy (non-hydrogen) atoms. The maximum Gasteiger partial charge on any atom is 3.00 e. The molecule has 2 radical (unpaired) electrons. The van der Waals surface area contributed by atoms with E-state index < -0.39 is 34.7 Å². The Morgan fingerprint density at radius 2 is 0.571 bits per heavy atom. The summed E-state index contributed by atoms with van der Waals surface area (Å²) >= 11 is 0. The first-order valence-electron chi connectivity index (χ1n) is 1.89. The Labute approximate surface area is 112 Å². The van der Waals surface area contributed by atoms with Crippen molar-refractivity contribution in [3.63, 3.8) is 0 Å². The van der Waals surface area contributed by atoms with Gasteiger partial charge in [0.2, 0.25) is 0 Å². The van der Waals surface area contributed by atoms with E-state index in [1.165, 1.54) is 0 Å². The third kappa shape index (κ3) is 515. The molecule has 0 aliphatic carbocycles. The van der Waals surface area contributed by atoms with Crippen LogP contribution >= 0.6 is 44.6 Å². The molecule has 0 amide bonds. The second kappa shape index (κ2) is 79.8. The summed E-state index contributed by atoms with van der Waals surface area (Å²) in [6, 6.07) is 0. The predicted octanol–water partition coefficient (Wildman–Crippen LogP) is -6.06. The van der Waals surface area contributed by atoms with Gasteiger partial charge in [-0.1, -0.05) is 0 Å². The molecule has 0 heterocycles. The van der Waals surface area contributed by atoms with Gasteiger partial charge in [0.15, 0.2) is 0 Å². The van der Waals surface area contributed by atoms with E-state index in [4.69, 9.17) is 37.8 Å². The van der Waals surface area contributed by atoms with Crippen LogP contribution in [0.15, 0.2) is 0 Å². The van der Waals surface area contributed by atoms with E-state index in [9.17, 15) is 0 Å². The molecule has 0 saturated heterocycles. The second-order valence-corrected chi connectivity index (χ2v) is 1.15. The van der Waals surface area contributed by atoms with Crippen molar-refractivity contribution < 1.29 is 67.4 Å². The van der Waals surface area contributed by atoms with E-state index in [2.05, 4.69) is 0 Å². The number of rotatable bonds is 0. The predicted molar refractivity (Wildman–Crippen MR) is 48.5 cm³/mol. The van der Waals surface area contributed by atoms with Gasteiger partial charge >= 0.3 is 39.5 Å². The van der Waals surface area contributed by atoms with Crippen molar-refractivity contribution in [2.45, 2.75) is 0 Å². The number of hydrogen-bond acceptors (Lipinski definition) is 8. The van der Waals surface area contributed by atoms with Crippen LogP contribution in [0.25, 0.3) is 0 Å². The van der Waals surface area contributed by atoms with Crippen LogP contribution in [-0.4, -0.2) is 0 Å². The molecule has 0 aliphatic rings. The van der Waals surface area contributed by atoms with E-state index in [1.54, 1.807) is 0 Å². The Kier molecular flexibility index (Phi) is 205. The molecule has 82 valence electrons. The summed E-state index contributed by atoms with van der Waals surface area (Å²) in [5.74, 6) is 0. The van der Waals surface area contributed by atoms with Crippen LogP contribution in [0.4, 0.5) is 0 Å². The smallest absolute Gasteiger partial charge is 0.804 e. The molecule has 0 fully saturated rings. The molecule has 0 saturated carbocycles. The third-order valence-corrected chi connectivity index (χ3v) is 0. The Morgan fingerprint density at radius 1 is 0.571 bits per heavy atom. The molecule has 4 unspecified atom stereocenters. The van der Waals surface area contributed by atoms with Crippen molar-refractivity contribution >= 4 is 44.6 Å². The number of hydrogen-bond donors (Lipinski definition) is 0. The second-order valence-electron chi connectivity index (χ2n) is 0.385. The Balaban J connectivity index is -0.0000000145. The Bertz CT molecular complexity index is 71.7. The van der Waals surface area contributed by atoms with Crippen LogP contribution in [0.3, 0.4) is 0 Å². The van der Waals surface area contributed by atoms with Gasteiger partial charge in [-0.05, 0) is 34.7 Å². The largest absolute Gasteiger partial charge is 3.00 e. The fraction of sp³-hybridized carbons (Fsp3) is 0. The zero-order valence-corrected chi connectivity index (χ0v) is 14.5. The fourth-order valence-corrected chi connectivity index (χ4v) is 0. The van der Waals surface area contributed by atoms with Gasteiger partial charge in [0.1, 0.15) is 0 Å². The van der Waals surface area contributed by atoms with Gasteiger partial charge in [-0.15, -0.1) is 0 Å². The van der Waals surface area contributed by atoms with Crippen molar-refractivity contribution in [1.82, 2.24) is 0 Å². The summed E-state index contributed by atoms with van der Waals surface area (Å²) in [4.78, 5) is 33.8. The van der Waals surface area contributed by atoms with Crippen LogP contribution in [-0.2, 0) is 18.3 Å². The topological polar surface area (TPSA) is 161 Å². The Morgan fingerprint density at radius 3 is 0.571 bits per heavy atom. The molecule has 4 atom stereocenters. The molecule has 0 bridgehead atoms. The molecule has 0 aromatic rings. The van der Waals surface area contributed by atoms with E-state index in [0.29, 0.717) is 0 Å². The van der Waals surface area contributed by atoms with E-state index in [1.807, 2.05) is 0 Å². The molecule has 0 N–H and O–H groups in total. The van der Waals surface area contributed by atoms with Crippen LogP contribution < -0.4 is 49.1 Å². The molecular formula is H8NaO8P5. The summed E-state index contributed by atoms with van der Waals surface area (Å²) in [5, 5.41) is 0. The van der Waals surface area contributed by atoms with Crippen molar-refractivity contribution in [3.05, 3.63) is 0 Å². The zero-order chi connectivity index (χ0) is 10.8. The monoisotopic (exact) mass is 314 g/mol. The zero-order valence-electron chi connectivity index (χ0n) is 7.02. The van der Waals surface area contributed by atoms with Crippen LogP contribution in [0, 0.1) is 0 Å². The minimum Gasteiger partial charge on any atom is -0.804 e. The van der Waals surface area contributed by atoms with Crippen LogP contribution in [0.1, 0.15) is 0 Å². The average molecular weight is 314 g/mol. The molecule has 0 spiro atoms. The molecule has 14 heteroatoms. The normalized spacial score (nSPS) is 8.29. The van der Waals surface area contributed by atoms with E-state index >= 15 is 0 Å². The summed E-state index contributed by atoms with van der Waals surface area (Å²) in [7, 11) is -7.00. The summed E-state index contributed by atoms with van der Waals surface area (Å²) < 4.78 is 33.8. The Hall–Kier alpha value is 2.19. The average Bonchev–Trinajstić information content (AvgIpc) is 1.92. The summed E-state index contributed by atoms with van der Waals surface area (Å²) in [6.45, 7) is 0. The minimum absolute atomic E-state index is 0. The van der Waals surface area contributed by atoms with Gasteiger partial charge in [0.05, 0.1) is 0 Å². The van der Waals surface area contributed by atoms with Crippen LogP contribution in [0.5, 0.6) is 0 Å². The molecule has 0 aromatic heterocycles. The molecule has 0 rings (SSSR count). The summed E-state index contributed by atoms with van der Waals surface area (Å²) in [5.41, 5.74) is 0.